The lowest BCUT2D eigenvalue weighted by molar-refractivity contribution is 0.0988. The van der Waals surface area contributed by atoms with Gasteiger partial charge in [0.2, 0.25) is 0 Å². The molecule has 0 spiro atoms. The van der Waals surface area contributed by atoms with E-state index in [9.17, 15) is 4.79 Å². The Hall–Kier alpha value is -1.90. The van der Waals surface area contributed by atoms with Crippen molar-refractivity contribution in [2.75, 3.05) is 0 Å². The first-order valence-corrected chi connectivity index (χ1v) is 6.91. The van der Waals surface area contributed by atoms with Gasteiger partial charge in [-0.3, -0.25) is 4.79 Å². The molecule has 0 fully saturated rings. The second-order valence-corrected chi connectivity index (χ2v) is 4.57. The standard InChI is InChI=1S/C16H20N2O/c1-4-13-11-14(5-2)18(17-13)15-9-7-8-12(10-15)16(19)6-3/h7-11H,4-6H2,1-3H3. The number of carbonyl (C=O) groups excluding carboxylic acids is 1. The molecule has 0 atom stereocenters. The highest BCUT2D eigenvalue weighted by Crippen LogP contribution is 2.16. The van der Waals surface area contributed by atoms with Crippen LogP contribution in [0.4, 0.5) is 0 Å². The Bertz CT molecular complexity index is 584. The number of hydrogen-bond acceptors (Lipinski definition) is 2. The smallest absolute Gasteiger partial charge is 0.162 e. The third-order valence-electron chi connectivity index (χ3n) is 3.29. The van der Waals surface area contributed by atoms with Gasteiger partial charge in [-0.1, -0.05) is 32.9 Å². The highest BCUT2D eigenvalue weighted by Gasteiger charge is 2.09. The van der Waals surface area contributed by atoms with Crippen LogP contribution in [0.1, 0.15) is 48.9 Å². The van der Waals surface area contributed by atoms with E-state index >= 15 is 0 Å². The summed E-state index contributed by atoms with van der Waals surface area (Å²) in [7, 11) is 0. The SMILES string of the molecule is CCC(=O)c1cccc(-n2nc(CC)cc2CC)c1. The second kappa shape index (κ2) is 5.83. The molecule has 2 aromatic rings. The van der Waals surface area contributed by atoms with Gasteiger partial charge in [0.05, 0.1) is 11.4 Å². The van der Waals surface area contributed by atoms with Crippen molar-refractivity contribution in [1.29, 1.82) is 0 Å². The van der Waals surface area contributed by atoms with Crippen LogP contribution in [-0.4, -0.2) is 15.6 Å². The van der Waals surface area contributed by atoms with Gasteiger partial charge in [-0.05, 0) is 31.0 Å². The van der Waals surface area contributed by atoms with Crippen molar-refractivity contribution in [3.05, 3.63) is 47.3 Å². The first-order chi connectivity index (χ1) is 9.19. The molecule has 0 aliphatic heterocycles. The summed E-state index contributed by atoms with van der Waals surface area (Å²) in [4.78, 5) is 11.8. The van der Waals surface area contributed by atoms with E-state index < -0.39 is 0 Å². The lowest BCUT2D eigenvalue weighted by Crippen LogP contribution is -2.04. The lowest BCUT2D eigenvalue weighted by Gasteiger charge is -2.07. The minimum Gasteiger partial charge on any atom is -0.294 e. The maximum Gasteiger partial charge on any atom is 0.162 e. The molecule has 19 heavy (non-hydrogen) atoms. The molecule has 3 nitrogen and oxygen atoms in total. The van der Waals surface area contributed by atoms with Crippen LogP contribution in [0, 0.1) is 0 Å². The minimum atomic E-state index is 0.169. The zero-order valence-corrected chi connectivity index (χ0v) is 11.8. The van der Waals surface area contributed by atoms with Gasteiger partial charge in [-0.25, -0.2) is 4.68 Å². The van der Waals surface area contributed by atoms with Gasteiger partial charge in [-0.15, -0.1) is 0 Å². The topological polar surface area (TPSA) is 34.9 Å². The summed E-state index contributed by atoms with van der Waals surface area (Å²) in [6.07, 6.45) is 2.38. The van der Waals surface area contributed by atoms with E-state index in [2.05, 4.69) is 25.0 Å². The van der Waals surface area contributed by atoms with Crippen LogP contribution in [-0.2, 0) is 12.8 Å². The quantitative estimate of drug-likeness (QED) is 0.766. The van der Waals surface area contributed by atoms with Crippen molar-refractivity contribution >= 4 is 5.78 Å². The van der Waals surface area contributed by atoms with Crippen LogP contribution in [0.5, 0.6) is 0 Å². The van der Waals surface area contributed by atoms with Crippen LogP contribution in [0.2, 0.25) is 0 Å². The van der Waals surface area contributed by atoms with Crippen LogP contribution in [0.25, 0.3) is 5.69 Å². The van der Waals surface area contributed by atoms with Gasteiger partial charge in [0.15, 0.2) is 5.78 Å². The highest BCUT2D eigenvalue weighted by atomic mass is 16.1. The van der Waals surface area contributed by atoms with E-state index in [0.717, 1.165) is 29.8 Å². The van der Waals surface area contributed by atoms with Gasteiger partial charge in [0.25, 0.3) is 0 Å². The third kappa shape index (κ3) is 2.75. The number of ketones is 1. The molecule has 0 saturated carbocycles. The zero-order chi connectivity index (χ0) is 13.8. The van der Waals surface area contributed by atoms with E-state index in [1.807, 2.05) is 35.9 Å². The Labute approximate surface area is 114 Å². The molecule has 0 saturated heterocycles. The molecule has 0 N–H and O–H groups in total. The van der Waals surface area contributed by atoms with E-state index in [1.54, 1.807) is 0 Å². The van der Waals surface area contributed by atoms with Crippen molar-refractivity contribution in [3.8, 4) is 5.69 Å². The number of Topliss-reactive ketones (excluding diaryl/α,β-unsaturated/α-hetero) is 1. The third-order valence-corrected chi connectivity index (χ3v) is 3.29. The van der Waals surface area contributed by atoms with Gasteiger partial charge >= 0.3 is 0 Å². The van der Waals surface area contributed by atoms with Crippen LogP contribution in [0.3, 0.4) is 0 Å². The monoisotopic (exact) mass is 256 g/mol. The molecule has 1 aromatic heterocycles. The summed E-state index contributed by atoms with van der Waals surface area (Å²) in [5, 5.41) is 4.60. The van der Waals surface area contributed by atoms with Gasteiger partial charge < -0.3 is 0 Å². The molecule has 0 aliphatic rings. The summed E-state index contributed by atoms with van der Waals surface area (Å²) in [6.45, 7) is 6.10. The predicted molar refractivity (Wildman–Crippen MR) is 76.9 cm³/mol. The average molecular weight is 256 g/mol. The summed E-state index contributed by atoms with van der Waals surface area (Å²) in [5.41, 5.74) is 3.99. The average Bonchev–Trinajstić information content (AvgIpc) is 2.90. The summed E-state index contributed by atoms with van der Waals surface area (Å²) in [5.74, 6) is 0.169. The Morgan fingerprint density at radius 1 is 1.16 bits per heavy atom. The molecular formula is C16H20N2O. The fraction of sp³-hybridized carbons (Fsp3) is 0.375. The molecular weight excluding hydrogens is 236 g/mol. The number of aryl methyl sites for hydroxylation is 2. The lowest BCUT2D eigenvalue weighted by atomic mass is 10.1. The molecule has 0 aliphatic carbocycles. The maximum absolute atomic E-state index is 11.8. The van der Waals surface area contributed by atoms with Gasteiger partial charge in [0.1, 0.15) is 0 Å². The molecule has 0 bridgehead atoms. The first kappa shape index (κ1) is 13.5. The van der Waals surface area contributed by atoms with Gasteiger partial charge in [-0.2, -0.15) is 5.10 Å². The highest BCUT2D eigenvalue weighted by molar-refractivity contribution is 5.96. The normalized spacial score (nSPS) is 10.7. The summed E-state index contributed by atoms with van der Waals surface area (Å²) >= 11 is 0. The largest absolute Gasteiger partial charge is 0.294 e. The fourth-order valence-corrected chi connectivity index (χ4v) is 2.14. The number of hydrogen-bond donors (Lipinski definition) is 0. The zero-order valence-electron chi connectivity index (χ0n) is 11.8. The van der Waals surface area contributed by atoms with Crippen LogP contribution < -0.4 is 0 Å². The van der Waals surface area contributed by atoms with Crippen molar-refractivity contribution < 1.29 is 4.79 Å². The Balaban J connectivity index is 2.46. The minimum absolute atomic E-state index is 0.169. The number of aromatic nitrogens is 2. The number of benzene rings is 1. The fourth-order valence-electron chi connectivity index (χ4n) is 2.14. The van der Waals surface area contributed by atoms with E-state index in [1.165, 1.54) is 5.69 Å². The molecule has 0 amide bonds. The van der Waals surface area contributed by atoms with Crippen molar-refractivity contribution in [2.45, 2.75) is 40.0 Å². The molecule has 100 valence electrons. The van der Waals surface area contributed by atoms with E-state index in [0.29, 0.717) is 6.42 Å². The molecule has 1 aromatic carbocycles. The van der Waals surface area contributed by atoms with Crippen LogP contribution >= 0.6 is 0 Å². The van der Waals surface area contributed by atoms with Crippen molar-refractivity contribution in [2.24, 2.45) is 0 Å². The number of rotatable bonds is 5. The molecule has 2 rings (SSSR count). The summed E-state index contributed by atoms with van der Waals surface area (Å²) in [6, 6.07) is 9.85. The molecule has 1 heterocycles. The second-order valence-electron chi connectivity index (χ2n) is 4.57. The van der Waals surface area contributed by atoms with Gasteiger partial charge in [0, 0.05) is 17.7 Å². The van der Waals surface area contributed by atoms with Crippen LogP contribution in [0.15, 0.2) is 30.3 Å². The molecule has 0 unspecified atom stereocenters. The Kier molecular flexibility index (Phi) is 4.15. The molecule has 3 heteroatoms. The van der Waals surface area contributed by atoms with Crippen molar-refractivity contribution in [3.63, 3.8) is 0 Å². The number of nitrogens with zero attached hydrogens (tertiary/aromatic N) is 2. The van der Waals surface area contributed by atoms with Crippen molar-refractivity contribution in [1.82, 2.24) is 9.78 Å². The predicted octanol–water partition coefficient (Wildman–Crippen LogP) is 3.59. The summed E-state index contributed by atoms with van der Waals surface area (Å²) < 4.78 is 1.95. The Morgan fingerprint density at radius 2 is 1.95 bits per heavy atom. The van der Waals surface area contributed by atoms with E-state index in [4.69, 9.17) is 0 Å². The maximum atomic E-state index is 11.8. The Morgan fingerprint density at radius 3 is 2.58 bits per heavy atom. The molecule has 0 radical (unpaired) electrons. The first-order valence-electron chi connectivity index (χ1n) is 6.91. The van der Waals surface area contributed by atoms with E-state index in [-0.39, 0.29) is 5.78 Å². The number of carbonyl (C=O) groups is 1.